The molecule has 0 fully saturated rings. The van der Waals surface area contributed by atoms with Crippen molar-refractivity contribution in [3.63, 3.8) is 0 Å². The number of ether oxygens (including phenoxy) is 1. The monoisotopic (exact) mass is 419 g/mol. The minimum atomic E-state index is -7.36. The van der Waals surface area contributed by atoms with E-state index in [1.54, 1.807) is 5.32 Å². The lowest BCUT2D eigenvalue weighted by Gasteiger charge is -2.43. The summed E-state index contributed by atoms with van der Waals surface area (Å²) in [5, 5.41) is 1.61. The van der Waals surface area contributed by atoms with Gasteiger partial charge in [-0.1, -0.05) is 18.2 Å². The summed E-state index contributed by atoms with van der Waals surface area (Å²) in [6.45, 7) is 0. The van der Waals surface area contributed by atoms with Gasteiger partial charge in [0, 0.05) is 12.6 Å². The Kier molecular flexibility index (Phi) is 5.66. The molecule has 1 aromatic rings. The van der Waals surface area contributed by atoms with Crippen molar-refractivity contribution in [3.8, 4) is 5.75 Å². The number of rotatable bonds is 3. The molecule has 0 spiro atoms. The number of hydrogen-bond acceptors (Lipinski definition) is 2. The molecule has 0 aliphatic rings. The van der Waals surface area contributed by atoms with Crippen LogP contribution in [0.4, 0.5) is 53.1 Å². The molecule has 1 aromatic carbocycles. The predicted octanol–water partition coefficient (Wildman–Crippen LogP) is 4.96. The zero-order valence-electron chi connectivity index (χ0n) is 12.8. The number of carbonyl (C=O) groups is 1. The van der Waals surface area contributed by atoms with Gasteiger partial charge in [-0.05, 0) is 6.07 Å². The predicted molar refractivity (Wildman–Crippen MR) is 66.3 cm³/mol. The van der Waals surface area contributed by atoms with Crippen LogP contribution in [0.2, 0.25) is 0 Å². The fourth-order valence-electron chi connectivity index (χ4n) is 2.22. The molecule has 1 rings (SSSR count). The van der Waals surface area contributed by atoms with Crippen molar-refractivity contribution in [1.82, 2.24) is 5.32 Å². The van der Waals surface area contributed by atoms with Crippen LogP contribution in [-0.2, 0) is 5.41 Å². The molecule has 0 radical (unpaired) electrons. The first-order valence-electron chi connectivity index (χ1n) is 6.52. The summed E-state index contributed by atoms with van der Waals surface area (Å²) in [6, 6.07) is 0.956. The fourth-order valence-corrected chi connectivity index (χ4v) is 2.22. The number of para-hydroxylation sites is 1. The van der Waals surface area contributed by atoms with E-state index >= 15 is 0 Å². The van der Waals surface area contributed by atoms with Crippen LogP contribution in [0.1, 0.15) is 5.56 Å². The Hall–Kier alpha value is -2.28. The molecule has 0 aromatic heterocycles. The third-order valence-electron chi connectivity index (χ3n) is 3.38. The SMILES string of the molecule is CNC(=O)Oc1ccccc1C(C(F)(F)F)(C(F)(F)F)C(F)(F)C(F)(F)F. The number of carbonyl (C=O) groups excluding carboxylic acids is 1. The van der Waals surface area contributed by atoms with Gasteiger partial charge in [0.2, 0.25) is 0 Å². The zero-order chi connectivity index (χ0) is 21.5. The smallest absolute Gasteiger partial charge is 0.410 e. The van der Waals surface area contributed by atoms with Crippen LogP contribution in [0, 0.1) is 0 Å². The number of nitrogens with one attached hydrogen (secondary N) is 1. The maximum Gasteiger partial charge on any atom is 0.455 e. The molecule has 0 heterocycles. The van der Waals surface area contributed by atoms with Gasteiger partial charge in [-0.15, -0.1) is 0 Å². The van der Waals surface area contributed by atoms with Crippen molar-refractivity contribution < 1.29 is 57.8 Å². The van der Waals surface area contributed by atoms with Crippen molar-refractivity contribution in [2.75, 3.05) is 7.05 Å². The molecule has 0 saturated carbocycles. The Morgan fingerprint density at radius 1 is 0.815 bits per heavy atom. The molecular weight excluding hydrogens is 411 g/mol. The molecule has 0 bridgehead atoms. The minimum absolute atomic E-state index is 0.212. The van der Waals surface area contributed by atoms with Crippen LogP contribution in [0.25, 0.3) is 0 Å². The van der Waals surface area contributed by atoms with E-state index in [1.165, 1.54) is 0 Å². The Bertz CT molecular complexity index is 677. The number of benzene rings is 1. The topological polar surface area (TPSA) is 38.3 Å². The molecule has 3 nitrogen and oxygen atoms in total. The van der Waals surface area contributed by atoms with E-state index in [-0.39, 0.29) is 12.1 Å². The quantitative estimate of drug-likeness (QED) is 0.704. The van der Waals surface area contributed by atoms with Crippen molar-refractivity contribution in [2.45, 2.75) is 29.9 Å². The summed E-state index contributed by atoms with van der Waals surface area (Å²) in [7, 11) is 0.816. The van der Waals surface area contributed by atoms with Crippen molar-refractivity contribution in [1.29, 1.82) is 0 Å². The summed E-state index contributed by atoms with van der Waals surface area (Å²) >= 11 is 0. The average Bonchev–Trinajstić information content (AvgIpc) is 2.45. The van der Waals surface area contributed by atoms with Gasteiger partial charge in [0.25, 0.3) is 5.41 Å². The van der Waals surface area contributed by atoms with Crippen LogP contribution in [0.5, 0.6) is 5.75 Å². The maximum absolute atomic E-state index is 13.8. The molecule has 27 heavy (non-hydrogen) atoms. The molecule has 154 valence electrons. The second kappa shape index (κ2) is 6.71. The largest absolute Gasteiger partial charge is 0.455 e. The van der Waals surface area contributed by atoms with Crippen LogP contribution >= 0.6 is 0 Å². The van der Waals surface area contributed by atoms with Gasteiger partial charge in [0.15, 0.2) is 0 Å². The Labute approximate surface area is 143 Å². The molecular formula is C13H8F11NO2. The van der Waals surface area contributed by atoms with Crippen LogP contribution in [0.15, 0.2) is 24.3 Å². The number of amides is 1. The van der Waals surface area contributed by atoms with E-state index in [4.69, 9.17) is 0 Å². The van der Waals surface area contributed by atoms with Crippen LogP contribution in [0.3, 0.4) is 0 Å². The van der Waals surface area contributed by atoms with Crippen molar-refractivity contribution in [2.24, 2.45) is 0 Å². The average molecular weight is 419 g/mol. The number of halogens is 11. The summed E-state index contributed by atoms with van der Waals surface area (Å²) in [5.74, 6) is -9.14. The maximum atomic E-state index is 13.8. The van der Waals surface area contributed by atoms with Gasteiger partial charge < -0.3 is 10.1 Å². The van der Waals surface area contributed by atoms with Crippen molar-refractivity contribution >= 4 is 6.09 Å². The van der Waals surface area contributed by atoms with Crippen LogP contribution in [-0.4, -0.2) is 37.6 Å². The highest BCUT2D eigenvalue weighted by Gasteiger charge is 2.90. The third-order valence-corrected chi connectivity index (χ3v) is 3.38. The van der Waals surface area contributed by atoms with E-state index in [9.17, 15) is 53.1 Å². The van der Waals surface area contributed by atoms with Crippen LogP contribution < -0.4 is 10.1 Å². The second-order valence-corrected chi connectivity index (χ2v) is 4.95. The first-order valence-corrected chi connectivity index (χ1v) is 6.52. The molecule has 0 saturated heterocycles. The number of hydrogen-bond donors (Lipinski definition) is 1. The van der Waals surface area contributed by atoms with Gasteiger partial charge in [-0.2, -0.15) is 48.3 Å². The molecule has 0 aliphatic carbocycles. The molecule has 0 atom stereocenters. The first-order chi connectivity index (χ1) is 11.9. The van der Waals surface area contributed by atoms with E-state index in [2.05, 4.69) is 4.74 Å². The van der Waals surface area contributed by atoms with E-state index in [1.807, 2.05) is 0 Å². The lowest BCUT2D eigenvalue weighted by Crippen LogP contribution is -2.69. The van der Waals surface area contributed by atoms with Gasteiger partial charge in [-0.3, -0.25) is 0 Å². The standard InChI is InChI=1S/C13H8F11NO2/c1-25-8(26)27-7-5-3-2-4-6(7)9(11(16,17)18,12(19,20)21)10(14,15)13(22,23)24/h2-5H,1H3,(H,25,26). The Balaban J connectivity index is 4.07. The molecule has 0 unspecified atom stereocenters. The fraction of sp³-hybridized carbons (Fsp3) is 0.462. The zero-order valence-corrected chi connectivity index (χ0v) is 12.8. The summed E-state index contributed by atoms with van der Waals surface area (Å²) in [4.78, 5) is 11.1. The summed E-state index contributed by atoms with van der Waals surface area (Å²) in [5.41, 5.74) is -9.37. The highest BCUT2D eigenvalue weighted by molar-refractivity contribution is 5.70. The molecule has 14 heteroatoms. The van der Waals surface area contributed by atoms with E-state index in [0.717, 1.165) is 7.05 Å². The Morgan fingerprint density at radius 2 is 1.26 bits per heavy atom. The second-order valence-electron chi connectivity index (χ2n) is 4.95. The molecule has 1 N–H and O–H groups in total. The van der Waals surface area contributed by atoms with E-state index < -0.39 is 47.3 Å². The van der Waals surface area contributed by atoms with Gasteiger partial charge >= 0.3 is 30.5 Å². The van der Waals surface area contributed by atoms with E-state index in [0.29, 0.717) is 12.1 Å². The Morgan fingerprint density at radius 3 is 1.63 bits per heavy atom. The van der Waals surface area contributed by atoms with Gasteiger partial charge in [0.1, 0.15) is 5.75 Å². The molecule has 0 aliphatic heterocycles. The summed E-state index contributed by atoms with van der Waals surface area (Å²) < 4.78 is 150. The highest BCUT2D eigenvalue weighted by atomic mass is 19.4. The summed E-state index contributed by atoms with van der Waals surface area (Å²) in [6.07, 6.45) is -23.3. The minimum Gasteiger partial charge on any atom is -0.410 e. The lowest BCUT2D eigenvalue weighted by molar-refractivity contribution is -0.414. The van der Waals surface area contributed by atoms with Gasteiger partial charge in [-0.25, -0.2) is 4.79 Å². The normalized spacial score (nSPS) is 14.1. The number of alkyl halides is 11. The first kappa shape index (κ1) is 22.8. The highest BCUT2D eigenvalue weighted by Crippen LogP contribution is 2.65. The van der Waals surface area contributed by atoms with Crippen molar-refractivity contribution in [3.05, 3.63) is 29.8 Å². The lowest BCUT2D eigenvalue weighted by atomic mass is 9.72. The third kappa shape index (κ3) is 3.48. The van der Waals surface area contributed by atoms with Gasteiger partial charge in [0.05, 0.1) is 0 Å². The molecule has 1 amide bonds.